The van der Waals surface area contributed by atoms with E-state index in [4.69, 9.17) is 0 Å². The number of nitrogens with zero attached hydrogens (tertiary/aromatic N) is 2. The van der Waals surface area contributed by atoms with Crippen LogP contribution in [-0.4, -0.2) is 42.1 Å². The molecular weight excluding hydrogens is 284 g/mol. The van der Waals surface area contributed by atoms with E-state index >= 15 is 0 Å². The van der Waals surface area contributed by atoms with Gasteiger partial charge >= 0.3 is 6.03 Å². The number of carbonyl (C=O) groups excluding carboxylic acids is 1. The van der Waals surface area contributed by atoms with Crippen molar-refractivity contribution in [2.45, 2.75) is 50.6 Å². The third-order valence-electron chi connectivity index (χ3n) is 4.48. The van der Waals surface area contributed by atoms with Crippen LogP contribution in [0.5, 0.6) is 0 Å². The summed E-state index contributed by atoms with van der Waals surface area (Å²) in [6, 6.07) is -0.156. The molecule has 1 aromatic heterocycles. The second-order valence-electron chi connectivity index (χ2n) is 6.10. The number of likely N-dealkylation sites (N-methyl/N-ethyl adjacent to an activating group) is 1. The van der Waals surface area contributed by atoms with Gasteiger partial charge in [-0.25, -0.2) is 9.78 Å². The topological polar surface area (TPSA) is 57.3 Å². The quantitative estimate of drug-likeness (QED) is 0.879. The Morgan fingerprint density at radius 2 is 2.14 bits per heavy atom. The highest BCUT2D eigenvalue weighted by Gasteiger charge is 2.34. The van der Waals surface area contributed by atoms with Gasteiger partial charge in [-0.15, -0.1) is 11.3 Å². The molecule has 0 saturated heterocycles. The highest BCUT2D eigenvalue weighted by Crippen LogP contribution is 2.31. The number of urea groups is 1. The van der Waals surface area contributed by atoms with Crippen LogP contribution in [-0.2, 0) is 0 Å². The lowest BCUT2D eigenvalue weighted by Crippen LogP contribution is -2.55. The minimum atomic E-state index is -0.107. The number of carbonyl (C=O) groups is 1. The molecule has 1 aliphatic carbocycles. The number of amides is 2. The molecule has 1 fully saturated rings. The summed E-state index contributed by atoms with van der Waals surface area (Å²) >= 11 is 1.56. The van der Waals surface area contributed by atoms with Gasteiger partial charge in [-0.1, -0.05) is 19.3 Å². The van der Waals surface area contributed by atoms with Crippen molar-refractivity contribution in [3.05, 3.63) is 16.6 Å². The Kier molecular flexibility index (Phi) is 5.58. The number of hydrogen-bond donors (Lipinski definition) is 2. The molecule has 0 bridgehead atoms. The fourth-order valence-corrected chi connectivity index (χ4v) is 3.64. The van der Waals surface area contributed by atoms with Gasteiger partial charge in [0, 0.05) is 23.7 Å². The van der Waals surface area contributed by atoms with Crippen LogP contribution in [0.4, 0.5) is 4.79 Å². The molecule has 1 heterocycles. The van der Waals surface area contributed by atoms with Crippen molar-refractivity contribution in [2.24, 2.45) is 0 Å². The predicted octanol–water partition coefficient (Wildman–Crippen LogP) is 2.77. The SMILES string of the molecule is CC(NC(=O)NCC1(N(C)C)CCCCC1)c1nccs1. The fraction of sp³-hybridized carbons (Fsp3) is 0.733. The van der Waals surface area contributed by atoms with Gasteiger partial charge in [-0.3, -0.25) is 0 Å². The van der Waals surface area contributed by atoms with E-state index in [1.54, 1.807) is 17.5 Å². The molecule has 21 heavy (non-hydrogen) atoms. The monoisotopic (exact) mass is 310 g/mol. The van der Waals surface area contributed by atoms with Crippen molar-refractivity contribution in [2.75, 3.05) is 20.6 Å². The summed E-state index contributed by atoms with van der Waals surface area (Å²) in [6.07, 6.45) is 7.88. The Bertz CT molecular complexity index is 441. The molecule has 0 spiro atoms. The van der Waals surface area contributed by atoms with E-state index in [-0.39, 0.29) is 17.6 Å². The molecule has 0 aromatic carbocycles. The van der Waals surface area contributed by atoms with Crippen molar-refractivity contribution < 1.29 is 4.79 Å². The van der Waals surface area contributed by atoms with Gasteiger partial charge in [0.05, 0.1) is 6.04 Å². The number of thiazole rings is 1. The third kappa shape index (κ3) is 4.17. The van der Waals surface area contributed by atoms with Crippen molar-refractivity contribution in [3.63, 3.8) is 0 Å². The van der Waals surface area contributed by atoms with E-state index in [1.807, 2.05) is 12.3 Å². The minimum Gasteiger partial charge on any atom is -0.336 e. The van der Waals surface area contributed by atoms with Crippen LogP contribution in [0, 0.1) is 0 Å². The third-order valence-corrected chi connectivity index (χ3v) is 5.44. The molecule has 0 radical (unpaired) electrons. The average Bonchev–Trinajstić information content (AvgIpc) is 3.00. The van der Waals surface area contributed by atoms with Gasteiger partial charge in [0.15, 0.2) is 0 Å². The summed E-state index contributed by atoms with van der Waals surface area (Å²) in [6.45, 7) is 2.66. The Morgan fingerprint density at radius 3 is 2.71 bits per heavy atom. The molecule has 1 aromatic rings. The normalized spacial score (nSPS) is 19.2. The van der Waals surface area contributed by atoms with Crippen LogP contribution < -0.4 is 10.6 Å². The molecule has 2 N–H and O–H groups in total. The number of hydrogen-bond acceptors (Lipinski definition) is 4. The largest absolute Gasteiger partial charge is 0.336 e. The molecule has 1 atom stereocenters. The lowest BCUT2D eigenvalue weighted by Gasteiger charge is -2.43. The van der Waals surface area contributed by atoms with E-state index in [1.165, 1.54) is 19.3 Å². The smallest absolute Gasteiger partial charge is 0.315 e. The second kappa shape index (κ2) is 7.22. The lowest BCUT2D eigenvalue weighted by atomic mass is 9.80. The van der Waals surface area contributed by atoms with Crippen LogP contribution in [0.3, 0.4) is 0 Å². The number of rotatable bonds is 5. The fourth-order valence-electron chi connectivity index (χ4n) is 2.99. The van der Waals surface area contributed by atoms with E-state index in [9.17, 15) is 4.79 Å². The molecule has 2 amide bonds. The van der Waals surface area contributed by atoms with Gasteiger partial charge in [0.2, 0.25) is 0 Å². The zero-order chi connectivity index (χ0) is 15.3. The van der Waals surface area contributed by atoms with Crippen molar-refractivity contribution in [1.82, 2.24) is 20.5 Å². The van der Waals surface area contributed by atoms with Crippen LogP contribution in [0.2, 0.25) is 0 Å². The van der Waals surface area contributed by atoms with Gasteiger partial charge in [0.25, 0.3) is 0 Å². The summed E-state index contributed by atoms with van der Waals surface area (Å²) in [7, 11) is 4.23. The zero-order valence-corrected chi connectivity index (χ0v) is 14.0. The Balaban J connectivity index is 1.84. The molecule has 6 heteroatoms. The first-order valence-electron chi connectivity index (χ1n) is 7.65. The highest BCUT2D eigenvalue weighted by atomic mass is 32.1. The second-order valence-corrected chi connectivity index (χ2v) is 7.02. The molecule has 0 aliphatic heterocycles. The van der Waals surface area contributed by atoms with Crippen molar-refractivity contribution >= 4 is 17.4 Å². The predicted molar refractivity (Wildman–Crippen MR) is 86.6 cm³/mol. The molecule has 5 nitrogen and oxygen atoms in total. The van der Waals surface area contributed by atoms with E-state index in [2.05, 4.69) is 34.6 Å². The van der Waals surface area contributed by atoms with Crippen LogP contribution in [0.15, 0.2) is 11.6 Å². The molecule has 2 rings (SSSR count). The zero-order valence-electron chi connectivity index (χ0n) is 13.2. The number of aromatic nitrogens is 1. The van der Waals surface area contributed by atoms with Gasteiger partial charge in [-0.05, 0) is 33.9 Å². The van der Waals surface area contributed by atoms with Gasteiger partial charge < -0.3 is 15.5 Å². The summed E-state index contributed by atoms with van der Waals surface area (Å²) < 4.78 is 0. The maximum Gasteiger partial charge on any atom is 0.315 e. The molecule has 1 aliphatic rings. The Morgan fingerprint density at radius 1 is 1.43 bits per heavy atom. The first-order valence-corrected chi connectivity index (χ1v) is 8.53. The average molecular weight is 310 g/mol. The highest BCUT2D eigenvalue weighted by molar-refractivity contribution is 7.09. The Hall–Kier alpha value is -1.14. The maximum absolute atomic E-state index is 12.1. The summed E-state index contributed by atoms with van der Waals surface area (Å²) in [4.78, 5) is 18.6. The summed E-state index contributed by atoms with van der Waals surface area (Å²) in [5, 5.41) is 8.87. The molecule has 1 saturated carbocycles. The van der Waals surface area contributed by atoms with Crippen molar-refractivity contribution in [3.8, 4) is 0 Å². The number of nitrogens with one attached hydrogen (secondary N) is 2. The molecule has 118 valence electrons. The van der Waals surface area contributed by atoms with E-state index in [0.717, 1.165) is 17.8 Å². The first-order chi connectivity index (χ1) is 10.0. The summed E-state index contributed by atoms with van der Waals surface area (Å²) in [5.41, 5.74) is 0.111. The lowest BCUT2D eigenvalue weighted by molar-refractivity contribution is 0.101. The Labute approximate surface area is 131 Å². The standard InChI is InChI=1S/C15H26N4OS/c1-12(13-16-9-10-21-13)18-14(20)17-11-15(19(2)3)7-5-4-6-8-15/h9-10,12H,4-8,11H2,1-3H3,(H2,17,18,20). The van der Waals surface area contributed by atoms with Crippen molar-refractivity contribution in [1.29, 1.82) is 0 Å². The van der Waals surface area contributed by atoms with E-state index in [0.29, 0.717) is 6.54 Å². The molecule has 1 unspecified atom stereocenters. The van der Waals surface area contributed by atoms with Crippen LogP contribution in [0.1, 0.15) is 50.1 Å². The molecular formula is C15H26N4OS. The van der Waals surface area contributed by atoms with Crippen LogP contribution >= 0.6 is 11.3 Å². The summed E-state index contributed by atoms with van der Waals surface area (Å²) in [5.74, 6) is 0. The first kappa shape index (κ1) is 16.2. The van der Waals surface area contributed by atoms with Gasteiger partial charge in [-0.2, -0.15) is 0 Å². The van der Waals surface area contributed by atoms with Crippen LogP contribution in [0.25, 0.3) is 0 Å². The minimum absolute atomic E-state index is 0.0494. The van der Waals surface area contributed by atoms with Gasteiger partial charge in [0.1, 0.15) is 5.01 Å². The van der Waals surface area contributed by atoms with E-state index < -0.39 is 0 Å². The maximum atomic E-state index is 12.1.